The highest BCUT2D eigenvalue weighted by molar-refractivity contribution is 5.80. The lowest BCUT2D eigenvalue weighted by atomic mass is 9.79. The number of rotatable bonds is 5. The molecule has 0 saturated carbocycles. The normalized spacial score (nSPS) is 16.4. The van der Waals surface area contributed by atoms with Gasteiger partial charge in [-0.3, -0.25) is 0 Å². The minimum atomic E-state index is 0.0604. The summed E-state index contributed by atoms with van der Waals surface area (Å²) in [5.41, 5.74) is 6.93. The number of aliphatic hydroxyl groups is 2. The average molecular weight is 322 g/mol. The zero-order valence-electron chi connectivity index (χ0n) is 14.7. The van der Waals surface area contributed by atoms with Crippen LogP contribution in [0.3, 0.4) is 0 Å². The van der Waals surface area contributed by atoms with E-state index < -0.39 is 0 Å². The average Bonchev–Trinajstić information content (AvgIpc) is 2.93. The van der Waals surface area contributed by atoms with Crippen LogP contribution in [0.5, 0.6) is 0 Å². The third-order valence-corrected chi connectivity index (χ3v) is 5.37. The molecule has 0 aromatic heterocycles. The predicted molar refractivity (Wildman–Crippen MR) is 100.0 cm³/mol. The molecule has 24 heavy (non-hydrogen) atoms. The van der Waals surface area contributed by atoms with Gasteiger partial charge in [0.25, 0.3) is 0 Å². The summed E-state index contributed by atoms with van der Waals surface area (Å²) >= 11 is 0. The fourth-order valence-corrected chi connectivity index (χ4v) is 4.00. The summed E-state index contributed by atoms with van der Waals surface area (Å²) in [6.45, 7) is 6.59. The summed E-state index contributed by atoms with van der Waals surface area (Å²) in [4.78, 5) is 0. The molecule has 0 saturated heterocycles. The SMILES string of the molecule is CCC(CC)C1C(O)=Cc2ccc(C)c(-c3ccc(CO)cc3)c21. The molecule has 0 radical (unpaired) electrons. The van der Waals surface area contributed by atoms with Crippen molar-refractivity contribution in [2.24, 2.45) is 5.92 Å². The lowest BCUT2D eigenvalue weighted by molar-refractivity contribution is 0.282. The molecule has 2 nitrogen and oxygen atoms in total. The second kappa shape index (κ2) is 6.82. The van der Waals surface area contributed by atoms with Crippen LogP contribution in [0.1, 0.15) is 54.9 Å². The van der Waals surface area contributed by atoms with Crippen LogP contribution in [-0.2, 0) is 6.61 Å². The van der Waals surface area contributed by atoms with Crippen LogP contribution in [0.15, 0.2) is 42.2 Å². The van der Waals surface area contributed by atoms with E-state index in [1.807, 2.05) is 18.2 Å². The zero-order chi connectivity index (χ0) is 17.3. The fourth-order valence-electron chi connectivity index (χ4n) is 4.00. The molecule has 0 amide bonds. The number of hydrogen-bond acceptors (Lipinski definition) is 2. The van der Waals surface area contributed by atoms with Crippen LogP contribution in [0.25, 0.3) is 17.2 Å². The van der Waals surface area contributed by atoms with E-state index in [1.165, 1.54) is 16.7 Å². The Morgan fingerprint density at radius 1 is 1.00 bits per heavy atom. The second-order valence-corrected chi connectivity index (χ2v) is 6.74. The molecule has 2 N–H and O–H groups in total. The van der Waals surface area contributed by atoms with Gasteiger partial charge in [0, 0.05) is 5.92 Å². The van der Waals surface area contributed by atoms with Crippen molar-refractivity contribution in [3.63, 3.8) is 0 Å². The Morgan fingerprint density at radius 2 is 1.67 bits per heavy atom. The van der Waals surface area contributed by atoms with Crippen molar-refractivity contribution in [3.8, 4) is 11.1 Å². The van der Waals surface area contributed by atoms with Gasteiger partial charge >= 0.3 is 0 Å². The van der Waals surface area contributed by atoms with E-state index in [0.717, 1.165) is 29.5 Å². The molecule has 1 atom stereocenters. The smallest absolute Gasteiger partial charge is 0.101 e. The molecule has 2 aromatic rings. The molecule has 0 bridgehead atoms. The lowest BCUT2D eigenvalue weighted by Gasteiger charge is -2.26. The van der Waals surface area contributed by atoms with E-state index in [4.69, 9.17) is 0 Å². The Morgan fingerprint density at radius 3 is 2.25 bits per heavy atom. The first-order valence-electron chi connectivity index (χ1n) is 8.84. The third-order valence-electron chi connectivity index (χ3n) is 5.37. The van der Waals surface area contributed by atoms with Crippen molar-refractivity contribution in [2.45, 2.75) is 46.1 Å². The van der Waals surface area contributed by atoms with Crippen molar-refractivity contribution >= 4 is 6.08 Å². The first kappa shape index (κ1) is 16.8. The van der Waals surface area contributed by atoms with Gasteiger partial charge < -0.3 is 10.2 Å². The van der Waals surface area contributed by atoms with Crippen molar-refractivity contribution in [1.82, 2.24) is 0 Å². The summed E-state index contributed by atoms with van der Waals surface area (Å²) in [5, 5.41) is 19.9. The summed E-state index contributed by atoms with van der Waals surface area (Å²) in [6.07, 6.45) is 4.04. The van der Waals surface area contributed by atoms with Crippen molar-refractivity contribution in [3.05, 3.63) is 64.4 Å². The Hall–Kier alpha value is -2.06. The molecule has 1 aliphatic carbocycles. The number of aryl methyl sites for hydroxylation is 1. The molecule has 1 unspecified atom stereocenters. The first-order valence-corrected chi connectivity index (χ1v) is 8.84. The van der Waals surface area contributed by atoms with Gasteiger partial charge in [-0.2, -0.15) is 0 Å². The van der Waals surface area contributed by atoms with E-state index >= 15 is 0 Å². The molecule has 0 spiro atoms. The van der Waals surface area contributed by atoms with E-state index in [2.05, 4.69) is 45.0 Å². The van der Waals surface area contributed by atoms with Gasteiger partial charge in [0.2, 0.25) is 0 Å². The molecule has 2 heteroatoms. The van der Waals surface area contributed by atoms with Gasteiger partial charge in [-0.15, -0.1) is 0 Å². The highest BCUT2D eigenvalue weighted by Crippen LogP contribution is 2.47. The van der Waals surface area contributed by atoms with Gasteiger partial charge in [0.1, 0.15) is 5.76 Å². The van der Waals surface area contributed by atoms with E-state index in [1.54, 1.807) is 0 Å². The van der Waals surface area contributed by atoms with E-state index in [0.29, 0.717) is 11.7 Å². The minimum Gasteiger partial charge on any atom is -0.512 e. The summed E-state index contributed by atoms with van der Waals surface area (Å²) in [7, 11) is 0. The number of benzene rings is 2. The van der Waals surface area contributed by atoms with Gasteiger partial charge in [0.15, 0.2) is 0 Å². The number of aliphatic hydroxyl groups excluding tert-OH is 2. The van der Waals surface area contributed by atoms with Gasteiger partial charge in [-0.25, -0.2) is 0 Å². The summed E-state index contributed by atoms with van der Waals surface area (Å²) in [6, 6.07) is 12.4. The highest BCUT2D eigenvalue weighted by Gasteiger charge is 2.33. The highest BCUT2D eigenvalue weighted by atomic mass is 16.3. The van der Waals surface area contributed by atoms with Crippen molar-refractivity contribution < 1.29 is 10.2 Å². The molecule has 2 aromatic carbocycles. The molecule has 3 rings (SSSR count). The minimum absolute atomic E-state index is 0.0604. The van der Waals surface area contributed by atoms with Crippen molar-refractivity contribution in [1.29, 1.82) is 0 Å². The quantitative estimate of drug-likeness (QED) is 0.753. The van der Waals surface area contributed by atoms with Crippen LogP contribution in [0.2, 0.25) is 0 Å². The number of hydrogen-bond donors (Lipinski definition) is 2. The molecular weight excluding hydrogens is 296 g/mol. The summed E-state index contributed by atoms with van der Waals surface area (Å²) < 4.78 is 0. The topological polar surface area (TPSA) is 40.5 Å². The standard InChI is InChI=1S/C22H26O2/c1-4-16(5-2)21-19(24)12-18-9-6-14(3)20(22(18)21)17-10-7-15(13-23)8-11-17/h6-12,16,21,23-24H,4-5,13H2,1-3H3. The van der Waals surface area contributed by atoms with Crippen LogP contribution in [-0.4, -0.2) is 10.2 Å². The Bertz CT molecular complexity index is 752. The Balaban J connectivity index is 2.17. The van der Waals surface area contributed by atoms with Gasteiger partial charge in [-0.05, 0) is 52.3 Å². The van der Waals surface area contributed by atoms with Crippen LogP contribution < -0.4 is 0 Å². The lowest BCUT2D eigenvalue weighted by Crippen LogP contribution is -2.13. The maximum Gasteiger partial charge on any atom is 0.101 e. The fraction of sp³-hybridized carbons (Fsp3) is 0.364. The Labute approximate surface area is 144 Å². The largest absolute Gasteiger partial charge is 0.512 e. The maximum atomic E-state index is 10.6. The first-order chi connectivity index (χ1) is 11.6. The zero-order valence-corrected chi connectivity index (χ0v) is 14.7. The second-order valence-electron chi connectivity index (χ2n) is 6.74. The van der Waals surface area contributed by atoms with Crippen LogP contribution in [0.4, 0.5) is 0 Å². The van der Waals surface area contributed by atoms with E-state index in [-0.39, 0.29) is 12.5 Å². The van der Waals surface area contributed by atoms with Crippen molar-refractivity contribution in [2.75, 3.05) is 0 Å². The molecule has 1 aliphatic rings. The summed E-state index contributed by atoms with van der Waals surface area (Å²) in [5.74, 6) is 1.03. The molecule has 126 valence electrons. The third kappa shape index (κ3) is 2.76. The Kier molecular flexibility index (Phi) is 4.77. The molecule has 0 heterocycles. The molecule has 0 fully saturated rings. The molecular formula is C22H26O2. The number of fused-ring (bicyclic) bond motifs is 1. The number of allylic oxidation sites excluding steroid dienone is 1. The van der Waals surface area contributed by atoms with Gasteiger partial charge in [-0.1, -0.05) is 63.1 Å². The van der Waals surface area contributed by atoms with Crippen LogP contribution in [0, 0.1) is 12.8 Å². The predicted octanol–water partition coefficient (Wildman–Crippen LogP) is 5.59. The monoisotopic (exact) mass is 322 g/mol. The van der Waals surface area contributed by atoms with Gasteiger partial charge in [0.05, 0.1) is 6.61 Å². The maximum absolute atomic E-state index is 10.6. The molecule has 0 aliphatic heterocycles. The van der Waals surface area contributed by atoms with Crippen LogP contribution >= 0.6 is 0 Å². The van der Waals surface area contributed by atoms with E-state index in [9.17, 15) is 10.2 Å².